The zero-order valence-electron chi connectivity index (χ0n) is 28.3. The standard InChI is InChI=1S/C29H51N5O16/c1-5-14(39)20(41)25-18(32-12(2)37)15(40)9-29(4,49-25)50-26-22(43)17(11-36)47-28(23(26)44)48-24-19(33-13(3)38)27(45-8-6-7-31-34-30)46-16(10-35)21(24)42/h14-28,35-36,39-44H,5-11H2,1-4H3,(H,32,37)(H,33,38)/t14-,15-,16?,17?,18-,19?,20-,21-,22+,23?,24-,25?,26+,27-,28+,29-/m1/s1. The Labute approximate surface area is 288 Å². The minimum absolute atomic E-state index is 0.0316. The maximum atomic E-state index is 12.2. The number of aliphatic hydroxyl groups excluding tert-OH is 8. The highest BCUT2D eigenvalue weighted by atomic mass is 16.7. The lowest BCUT2D eigenvalue weighted by atomic mass is 9.88. The van der Waals surface area contributed by atoms with E-state index in [1.54, 1.807) is 6.92 Å². The van der Waals surface area contributed by atoms with Gasteiger partial charge in [-0.1, -0.05) is 12.0 Å². The van der Waals surface area contributed by atoms with Crippen LogP contribution in [0.25, 0.3) is 10.4 Å². The lowest BCUT2D eigenvalue weighted by Crippen LogP contribution is -2.69. The van der Waals surface area contributed by atoms with Crippen LogP contribution in [-0.2, 0) is 38.0 Å². The summed E-state index contributed by atoms with van der Waals surface area (Å²) in [7, 11) is 0. The molecule has 3 fully saturated rings. The molecule has 21 nitrogen and oxygen atoms in total. The van der Waals surface area contributed by atoms with E-state index in [0.29, 0.717) is 0 Å². The molecule has 0 aromatic rings. The van der Waals surface area contributed by atoms with Crippen molar-refractivity contribution in [3.63, 3.8) is 0 Å². The lowest BCUT2D eigenvalue weighted by Gasteiger charge is -2.51. The molecule has 10 N–H and O–H groups in total. The summed E-state index contributed by atoms with van der Waals surface area (Å²) < 4.78 is 35.2. The first-order chi connectivity index (χ1) is 23.6. The van der Waals surface area contributed by atoms with Gasteiger partial charge in [-0.3, -0.25) is 9.59 Å². The summed E-state index contributed by atoms with van der Waals surface area (Å²) in [5.74, 6) is -3.04. The van der Waals surface area contributed by atoms with Gasteiger partial charge in [0.15, 0.2) is 18.4 Å². The van der Waals surface area contributed by atoms with Crippen molar-refractivity contribution in [1.29, 1.82) is 0 Å². The maximum absolute atomic E-state index is 12.2. The fraction of sp³-hybridized carbons (Fsp3) is 0.931. The first-order valence-corrected chi connectivity index (χ1v) is 16.4. The number of hydrogen-bond donors (Lipinski definition) is 10. The topological polar surface area (TPSA) is 324 Å². The molecule has 0 aromatic carbocycles. The highest BCUT2D eigenvalue weighted by Crippen LogP contribution is 2.38. The van der Waals surface area contributed by atoms with E-state index in [9.17, 15) is 50.4 Å². The summed E-state index contributed by atoms with van der Waals surface area (Å²) in [6.07, 6.45) is -20.2. The van der Waals surface area contributed by atoms with Crippen LogP contribution in [0.5, 0.6) is 0 Å². The summed E-state index contributed by atoms with van der Waals surface area (Å²) >= 11 is 0. The second-order valence-corrected chi connectivity index (χ2v) is 12.7. The van der Waals surface area contributed by atoms with Crippen molar-refractivity contribution >= 4 is 11.8 Å². The number of aliphatic hydroxyl groups is 8. The predicted molar refractivity (Wildman–Crippen MR) is 165 cm³/mol. The minimum Gasteiger partial charge on any atom is -0.394 e. The van der Waals surface area contributed by atoms with Crippen molar-refractivity contribution in [2.24, 2.45) is 5.11 Å². The van der Waals surface area contributed by atoms with E-state index in [-0.39, 0.29) is 32.4 Å². The number of hydrogen-bond acceptors (Lipinski definition) is 17. The van der Waals surface area contributed by atoms with Crippen LogP contribution in [0.15, 0.2) is 5.11 Å². The lowest BCUT2D eigenvalue weighted by molar-refractivity contribution is -0.384. The predicted octanol–water partition coefficient (Wildman–Crippen LogP) is -4.00. The van der Waals surface area contributed by atoms with Gasteiger partial charge in [-0.05, 0) is 25.3 Å². The Bertz CT molecular complexity index is 1150. The second-order valence-electron chi connectivity index (χ2n) is 12.7. The fourth-order valence-electron chi connectivity index (χ4n) is 6.25. The molecule has 288 valence electrons. The number of nitrogens with zero attached hydrogens (tertiary/aromatic N) is 3. The van der Waals surface area contributed by atoms with Crippen molar-refractivity contribution in [3.05, 3.63) is 10.4 Å². The van der Waals surface area contributed by atoms with Gasteiger partial charge in [0.25, 0.3) is 0 Å². The summed E-state index contributed by atoms with van der Waals surface area (Å²) in [5.41, 5.74) is 8.50. The van der Waals surface area contributed by atoms with Crippen LogP contribution in [0, 0.1) is 0 Å². The minimum atomic E-state index is -1.91. The molecule has 3 saturated heterocycles. The van der Waals surface area contributed by atoms with Crippen molar-refractivity contribution in [1.82, 2.24) is 10.6 Å². The highest BCUT2D eigenvalue weighted by molar-refractivity contribution is 5.73. The molecule has 0 aromatic heterocycles. The third-order valence-electron chi connectivity index (χ3n) is 8.72. The van der Waals surface area contributed by atoms with E-state index in [1.165, 1.54) is 20.8 Å². The molecule has 3 rings (SSSR count). The van der Waals surface area contributed by atoms with Gasteiger partial charge in [0, 0.05) is 38.3 Å². The van der Waals surface area contributed by atoms with E-state index in [4.69, 9.17) is 34.0 Å². The summed E-state index contributed by atoms with van der Waals surface area (Å²) in [6.45, 7) is 3.81. The second kappa shape index (κ2) is 19.0. The number of nitrogens with one attached hydrogen (secondary N) is 2. The van der Waals surface area contributed by atoms with E-state index in [0.717, 1.165) is 0 Å². The Morgan fingerprint density at radius 2 is 1.54 bits per heavy atom. The SMILES string of the molecule is CC[C@@H](O)[C@@H](O)C1O[C@](C)(O[C@@H]2C(O)[C@H](O[C@@H]3C(NC(C)=O)[C@H](OCCCN=[N+]=[N-])OC(CO)[C@H]3O)OC(CO)[C@@H]2O)C[C@@H](O)[C@H]1NC(C)=O. The Morgan fingerprint density at radius 3 is 2.10 bits per heavy atom. The average molecular weight is 726 g/mol. The molecule has 16 atom stereocenters. The maximum Gasteiger partial charge on any atom is 0.217 e. The van der Waals surface area contributed by atoms with Crippen LogP contribution >= 0.6 is 0 Å². The monoisotopic (exact) mass is 725 g/mol. The molecule has 0 bridgehead atoms. The number of carbonyl (C=O) groups excluding carboxylic acids is 2. The van der Waals surface area contributed by atoms with E-state index < -0.39 is 123 Å². The Morgan fingerprint density at radius 1 is 0.960 bits per heavy atom. The number of amides is 2. The van der Waals surface area contributed by atoms with Crippen molar-refractivity contribution in [2.75, 3.05) is 26.4 Å². The molecule has 5 unspecified atom stereocenters. The fourth-order valence-corrected chi connectivity index (χ4v) is 6.25. The van der Waals surface area contributed by atoms with Gasteiger partial charge in [0.05, 0.1) is 31.5 Å². The van der Waals surface area contributed by atoms with Crippen LogP contribution in [0.4, 0.5) is 0 Å². The highest BCUT2D eigenvalue weighted by Gasteiger charge is 2.56. The molecular weight excluding hydrogens is 674 g/mol. The van der Waals surface area contributed by atoms with Gasteiger partial charge in [-0.2, -0.15) is 0 Å². The molecule has 0 aliphatic carbocycles. The number of rotatable bonds is 16. The summed E-state index contributed by atoms with van der Waals surface area (Å²) in [5, 5.41) is 94.5. The number of azide groups is 1. The average Bonchev–Trinajstić information content (AvgIpc) is 3.06. The molecular formula is C29H51N5O16. The smallest absolute Gasteiger partial charge is 0.217 e. The molecule has 3 aliphatic heterocycles. The first-order valence-electron chi connectivity index (χ1n) is 16.4. The van der Waals surface area contributed by atoms with Gasteiger partial charge in [-0.15, -0.1) is 0 Å². The zero-order chi connectivity index (χ0) is 37.3. The van der Waals surface area contributed by atoms with E-state index in [2.05, 4.69) is 20.7 Å². The van der Waals surface area contributed by atoms with Gasteiger partial charge in [0.1, 0.15) is 61.0 Å². The van der Waals surface area contributed by atoms with E-state index in [1.807, 2.05) is 0 Å². The third kappa shape index (κ3) is 10.4. The zero-order valence-corrected chi connectivity index (χ0v) is 28.3. The van der Waals surface area contributed by atoms with Crippen LogP contribution in [0.1, 0.15) is 47.0 Å². The van der Waals surface area contributed by atoms with E-state index >= 15 is 0 Å². The molecule has 0 radical (unpaired) electrons. The summed E-state index contributed by atoms with van der Waals surface area (Å²) in [4.78, 5) is 26.8. The quantitative estimate of drug-likeness (QED) is 0.0314. The largest absolute Gasteiger partial charge is 0.394 e. The molecule has 0 spiro atoms. The van der Waals surface area contributed by atoms with Crippen LogP contribution < -0.4 is 10.6 Å². The van der Waals surface area contributed by atoms with Gasteiger partial charge >= 0.3 is 0 Å². The molecule has 50 heavy (non-hydrogen) atoms. The Balaban J connectivity index is 1.90. The van der Waals surface area contributed by atoms with Crippen molar-refractivity contribution in [2.45, 2.75) is 145 Å². The normalized spacial score (nSPS) is 40.3. The molecule has 3 aliphatic rings. The van der Waals surface area contributed by atoms with Crippen molar-refractivity contribution < 1.29 is 78.9 Å². The number of carbonyl (C=O) groups is 2. The number of ether oxygens (including phenoxy) is 6. The van der Waals surface area contributed by atoms with Crippen molar-refractivity contribution in [3.8, 4) is 0 Å². The van der Waals surface area contributed by atoms with Gasteiger partial charge < -0.3 is 79.9 Å². The molecule has 21 heteroatoms. The van der Waals surface area contributed by atoms with Gasteiger partial charge in [0.2, 0.25) is 11.8 Å². The Kier molecular flexibility index (Phi) is 16.0. The van der Waals surface area contributed by atoms with Crippen LogP contribution in [0.3, 0.4) is 0 Å². The molecule has 2 amide bonds. The summed E-state index contributed by atoms with van der Waals surface area (Å²) in [6, 6.07) is -2.45. The molecule has 0 saturated carbocycles. The van der Waals surface area contributed by atoms with Crippen LogP contribution in [0.2, 0.25) is 0 Å². The first kappa shape index (κ1) is 42.1. The third-order valence-corrected chi connectivity index (χ3v) is 8.72. The van der Waals surface area contributed by atoms with Crippen LogP contribution in [-0.4, -0.2) is 177 Å². The van der Waals surface area contributed by atoms with Gasteiger partial charge in [-0.25, -0.2) is 0 Å². The Hall–Kier alpha value is -2.31. The molecule has 3 heterocycles.